The van der Waals surface area contributed by atoms with Crippen LogP contribution in [0.15, 0.2) is 54.6 Å². The molecule has 0 heterocycles. The van der Waals surface area contributed by atoms with Crippen molar-refractivity contribution < 1.29 is 14.3 Å². The summed E-state index contributed by atoms with van der Waals surface area (Å²) < 4.78 is 5.35. The zero-order valence-electron chi connectivity index (χ0n) is 15.3. The fraction of sp³-hybridized carbons (Fsp3) is 0.273. The number of rotatable bonds is 5. The molecule has 3 rings (SSSR count). The van der Waals surface area contributed by atoms with Crippen LogP contribution in [0.3, 0.4) is 0 Å². The number of ether oxygens (including phenoxy) is 1. The van der Waals surface area contributed by atoms with E-state index >= 15 is 0 Å². The summed E-state index contributed by atoms with van der Waals surface area (Å²) in [5.41, 5.74) is 0.177. The molecule has 0 aliphatic heterocycles. The SMILES string of the molecule is CCC(C)(C)NC(=O)COC(=O)c1c2ccccc2cc2ccccc12. The lowest BCUT2D eigenvalue weighted by Crippen LogP contribution is -2.44. The molecule has 0 aliphatic rings. The molecule has 0 aliphatic carbocycles. The third kappa shape index (κ3) is 3.69. The molecule has 4 nitrogen and oxygen atoms in total. The number of benzene rings is 3. The van der Waals surface area contributed by atoms with Gasteiger partial charge in [0.25, 0.3) is 5.91 Å². The lowest BCUT2D eigenvalue weighted by Gasteiger charge is -2.24. The average Bonchev–Trinajstić information content (AvgIpc) is 2.63. The summed E-state index contributed by atoms with van der Waals surface area (Å²) in [4.78, 5) is 24.9. The predicted octanol–water partition coefficient (Wildman–Crippen LogP) is 4.45. The van der Waals surface area contributed by atoms with E-state index in [1.54, 1.807) is 0 Å². The van der Waals surface area contributed by atoms with Crippen LogP contribution < -0.4 is 5.32 Å². The molecule has 0 saturated carbocycles. The minimum Gasteiger partial charge on any atom is -0.452 e. The number of hydrogen-bond donors (Lipinski definition) is 1. The van der Waals surface area contributed by atoms with Gasteiger partial charge in [0, 0.05) is 5.54 Å². The molecule has 0 radical (unpaired) electrons. The van der Waals surface area contributed by atoms with Gasteiger partial charge in [-0.1, -0.05) is 55.5 Å². The van der Waals surface area contributed by atoms with E-state index in [-0.39, 0.29) is 18.1 Å². The molecule has 3 aromatic carbocycles. The Labute approximate surface area is 153 Å². The van der Waals surface area contributed by atoms with Crippen LogP contribution in [-0.2, 0) is 9.53 Å². The van der Waals surface area contributed by atoms with Gasteiger partial charge in [-0.25, -0.2) is 4.79 Å². The van der Waals surface area contributed by atoms with Crippen molar-refractivity contribution >= 4 is 33.4 Å². The zero-order valence-corrected chi connectivity index (χ0v) is 15.3. The van der Waals surface area contributed by atoms with Crippen LogP contribution in [0.4, 0.5) is 0 Å². The summed E-state index contributed by atoms with van der Waals surface area (Å²) in [6.07, 6.45) is 0.792. The Morgan fingerprint density at radius 2 is 1.50 bits per heavy atom. The van der Waals surface area contributed by atoms with E-state index in [1.165, 1.54) is 0 Å². The van der Waals surface area contributed by atoms with E-state index in [4.69, 9.17) is 4.74 Å². The van der Waals surface area contributed by atoms with E-state index in [0.29, 0.717) is 5.56 Å². The van der Waals surface area contributed by atoms with Crippen LogP contribution in [0.2, 0.25) is 0 Å². The molecule has 0 spiro atoms. The summed E-state index contributed by atoms with van der Waals surface area (Å²) in [7, 11) is 0. The highest BCUT2D eigenvalue weighted by Crippen LogP contribution is 2.29. The van der Waals surface area contributed by atoms with E-state index in [1.807, 2.05) is 69.3 Å². The molecule has 0 atom stereocenters. The quantitative estimate of drug-likeness (QED) is 0.547. The lowest BCUT2D eigenvalue weighted by molar-refractivity contribution is -0.125. The first kappa shape index (κ1) is 17.9. The van der Waals surface area contributed by atoms with Gasteiger partial charge in [0.05, 0.1) is 5.56 Å². The highest BCUT2D eigenvalue weighted by molar-refractivity contribution is 6.16. The third-order valence-electron chi connectivity index (χ3n) is 4.67. The smallest absolute Gasteiger partial charge is 0.339 e. The molecule has 1 N–H and O–H groups in total. The van der Waals surface area contributed by atoms with Gasteiger partial charge in [0.2, 0.25) is 0 Å². The average molecular weight is 349 g/mol. The number of amides is 1. The van der Waals surface area contributed by atoms with Crippen molar-refractivity contribution in [3.05, 3.63) is 60.2 Å². The number of esters is 1. The fourth-order valence-electron chi connectivity index (χ4n) is 2.94. The zero-order chi connectivity index (χ0) is 18.7. The number of hydrogen-bond acceptors (Lipinski definition) is 3. The molecular weight excluding hydrogens is 326 g/mol. The normalized spacial score (nSPS) is 11.5. The van der Waals surface area contributed by atoms with E-state index in [0.717, 1.165) is 28.0 Å². The van der Waals surface area contributed by atoms with Gasteiger partial charge in [-0.05, 0) is 47.9 Å². The van der Waals surface area contributed by atoms with Crippen LogP contribution in [-0.4, -0.2) is 24.0 Å². The van der Waals surface area contributed by atoms with Gasteiger partial charge in [-0.3, -0.25) is 4.79 Å². The Morgan fingerprint density at radius 3 is 2.04 bits per heavy atom. The lowest BCUT2D eigenvalue weighted by atomic mass is 9.97. The summed E-state index contributed by atoms with van der Waals surface area (Å²) in [6.45, 7) is 5.57. The van der Waals surface area contributed by atoms with E-state index in [9.17, 15) is 9.59 Å². The Hall–Kier alpha value is -2.88. The first-order valence-electron chi connectivity index (χ1n) is 8.80. The molecule has 4 heteroatoms. The van der Waals surface area contributed by atoms with Crippen molar-refractivity contribution in [1.29, 1.82) is 0 Å². The van der Waals surface area contributed by atoms with Crippen molar-refractivity contribution in [3.8, 4) is 0 Å². The standard InChI is InChI=1S/C22H23NO3/c1-4-22(2,3)23-19(24)14-26-21(25)20-17-11-7-5-9-15(17)13-16-10-6-8-12-18(16)20/h5-13H,4,14H2,1-3H3,(H,23,24). The highest BCUT2D eigenvalue weighted by atomic mass is 16.5. The number of carbonyl (C=O) groups excluding carboxylic acids is 2. The van der Waals surface area contributed by atoms with Crippen LogP contribution in [0.25, 0.3) is 21.5 Å². The minimum atomic E-state index is -0.484. The Morgan fingerprint density at radius 1 is 0.962 bits per heavy atom. The van der Waals surface area contributed by atoms with E-state index in [2.05, 4.69) is 11.4 Å². The van der Waals surface area contributed by atoms with Crippen molar-refractivity contribution in [2.45, 2.75) is 32.7 Å². The molecule has 0 bridgehead atoms. The maximum atomic E-state index is 12.8. The minimum absolute atomic E-state index is 0.292. The maximum absolute atomic E-state index is 12.8. The van der Waals surface area contributed by atoms with Gasteiger partial charge < -0.3 is 10.1 Å². The summed E-state index contributed by atoms with van der Waals surface area (Å²) >= 11 is 0. The summed E-state index contributed by atoms with van der Waals surface area (Å²) in [5, 5.41) is 6.45. The van der Waals surface area contributed by atoms with E-state index < -0.39 is 5.97 Å². The predicted molar refractivity (Wildman–Crippen MR) is 104 cm³/mol. The highest BCUT2D eigenvalue weighted by Gasteiger charge is 2.21. The molecule has 0 saturated heterocycles. The molecule has 1 amide bonds. The molecule has 3 aromatic rings. The van der Waals surface area contributed by atoms with Crippen LogP contribution in [0.1, 0.15) is 37.6 Å². The van der Waals surface area contributed by atoms with Gasteiger partial charge in [0.1, 0.15) is 0 Å². The van der Waals surface area contributed by atoms with Gasteiger partial charge in [-0.2, -0.15) is 0 Å². The monoisotopic (exact) mass is 349 g/mol. The van der Waals surface area contributed by atoms with Gasteiger partial charge in [-0.15, -0.1) is 0 Å². The van der Waals surface area contributed by atoms with Crippen LogP contribution in [0.5, 0.6) is 0 Å². The van der Waals surface area contributed by atoms with Crippen molar-refractivity contribution in [2.24, 2.45) is 0 Å². The number of carbonyl (C=O) groups is 2. The molecule has 134 valence electrons. The second-order valence-corrected chi connectivity index (χ2v) is 7.06. The summed E-state index contributed by atoms with van der Waals surface area (Å²) in [6, 6.07) is 17.5. The number of fused-ring (bicyclic) bond motifs is 2. The van der Waals surface area contributed by atoms with Gasteiger partial charge >= 0.3 is 5.97 Å². The van der Waals surface area contributed by atoms with Crippen molar-refractivity contribution in [3.63, 3.8) is 0 Å². The van der Waals surface area contributed by atoms with Crippen LogP contribution >= 0.6 is 0 Å². The fourth-order valence-corrected chi connectivity index (χ4v) is 2.94. The Bertz CT molecular complexity index is 921. The first-order valence-corrected chi connectivity index (χ1v) is 8.80. The molecular formula is C22H23NO3. The van der Waals surface area contributed by atoms with Crippen molar-refractivity contribution in [2.75, 3.05) is 6.61 Å². The first-order chi connectivity index (χ1) is 12.4. The summed E-state index contributed by atoms with van der Waals surface area (Å²) in [5.74, 6) is -0.780. The molecule has 0 fully saturated rings. The topological polar surface area (TPSA) is 55.4 Å². The number of nitrogens with one attached hydrogen (secondary N) is 1. The molecule has 0 aromatic heterocycles. The maximum Gasteiger partial charge on any atom is 0.339 e. The Kier molecular flexibility index (Phi) is 4.94. The van der Waals surface area contributed by atoms with Crippen molar-refractivity contribution in [1.82, 2.24) is 5.32 Å². The second-order valence-electron chi connectivity index (χ2n) is 7.06. The molecule has 26 heavy (non-hydrogen) atoms. The molecule has 0 unspecified atom stereocenters. The van der Waals surface area contributed by atoms with Crippen LogP contribution in [0, 0.1) is 0 Å². The second kappa shape index (κ2) is 7.16. The van der Waals surface area contributed by atoms with Gasteiger partial charge in [0.15, 0.2) is 6.61 Å². The third-order valence-corrected chi connectivity index (χ3v) is 4.67. The Balaban J connectivity index is 1.91. The largest absolute Gasteiger partial charge is 0.452 e.